The van der Waals surface area contributed by atoms with Crippen LogP contribution in [0.2, 0.25) is 0 Å². The number of carbonyl (C=O) groups is 2. The molecule has 0 saturated heterocycles. The van der Waals surface area contributed by atoms with Gasteiger partial charge in [-0.15, -0.1) is 0 Å². The number of benzene rings is 1. The largest absolute Gasteiger partial charge is 0.359 e. The molecule has 2 amide bonds. The van der Waals surface area contributed by atoms with E-state index < -0.39 is 0 Å². The lowest BCUT2D eigenvalue weighted by Gasteiger charge is -2.06. The predicted molar refractivity (Wildman–Crippen MR) is 115 cm³/mol. The number of nitrogens with one attached hydrogen (secondary N) is 3. The van der Waals surface area contributed by atoms with Crippen LogP contribution in [0.1, 0.15) is 53.8 Å². The summed E-state index contributed by atoms with van der Waals surface area (Å²) in [5.41, 5.74) is 7.16. The number of fused-ring (bicyclic) bond motifs is 2. The Hall–Kier alpha value is -2.34. The predicted octanol–water partition coefficient (Wildman–Crippen LogP) is 4.22. The van der Waals surface area contributed by atoms with E-state index in [0.29, 0.717) is 18.4 Å². The van der Waals surface area contributed by atoms with E-state index in [0.717, 1.165) is 34.3 Å². The van der Waals surface area contributed by atoms with E-state index in [1.165, 1.54) is 36.1 Å². The van der Waals surface area contributed by atoms with Gasteiger partial charge in [-0.2, -0.15) is 0 Å². The number of halogens is 1. The number of anilines is 1. The Balaban J connectivity index is 1.77. The first-order valence-corrected chi connectivity index (χ1v) is 10.6. The highest BCUT2D eigenvalue weighted by Crippen LogP contribution is 2.36. The van der Waals surface area contributed by atoms with Gasteiger partial charge in [0.1, 0.15) is 0 Å². The van der Waals surface area contributed by atoms with Crippen molar-refractivity contribution in [1.82, 2.24) is 10.3 Å². The van der Waals surface area contributed by atoms with Gasteiger partial charge in [0, 0.05) is 40.6 Å². The standard InChI is InChI=1S/C22H24BrN3O2/c1-24-21(27)10-8-15-14-5-3-2-4-6-18(14)25-20(15)12-17-16-11-13(23)7-9-19(16)26-22(17)28/h7,9,11-12,25H,2-6,8,10H2,1H3,(H,24,27)(H,26,28). The first-order valence-electron chi connectivity index (χ1n) is 9.83. The number of aromatic amines is 1. The number of aromatic nitrogens is 1. The summed E-state index contributed by atoms with van der Waals surface area (Å²) in [6.07, 6.45) is 8.73. The molecule has 1 aliphatic carbocycles. The Morgan fingerprint density at radius 3 is 2.89 bits per heavy atom. The van der Waals surface area contributed by atoms with Crippen LogP contribution in [0.5, 0.6) is 0 Å². The highest BCUT2D eigenvalue weighted by molar-refractivity contribution is 9.10. The van der Waals surface area contributed by atoms with Crippen molar-refractivity contribution in [2.75, 3.05) is 12.4 Å². The van der Waals surface area contributed by atoms with E-state index in [1.807, 2.05) is 24.3 Å². The highest BCUT2D eigenvalue weighted by Gasteiger charge is 2.26. The molecule has 0 atom stereocenters. The molecule has 1 aliphatic heterocycles. The Morgan fingerprint density at radius 2 is 2.07 bits per heavy atom. The number of hydrogen-bond acceptors (Lipinski definition) is 2. The third-order valence-electron chi connectivity index (χ3n) is 5.63. The van der Waals surface area contributed by atoms with E-state index in [1.54, 1.807) is 7.05 Å². The number of rotatable bonds is 4. The highest BCUT2D eigenvalue weighted by atomic mass is 79.9. The summed E-state index contributed by atoms with van der Waals surface area (Å²) in [7, 11) is 1.67. The number of hydrogen-bond donors (Lipinski definition) is 3. The summed E-state index contributed by atoms with van der Waals surface area (Å²) in [6.45, 7) is 0. The van der Waals surface area contributed by atoms with Crippen LogP contribution in [-0.4, -0.2) is 23.8 Å². The fraction of sp³-hybridized carbons (Fsp3) is 0.364. The summed E-state index contributed by atoms with van der Waals surface area (Å²) in [5, 5.41) is 5.64. The average molecular weight is 442 g/mol. The first-order chi connectivity index (χ1) is 13.6. The number of amides is 2. The molecule has 0 bridgehead atoms. The van der Waals surface area contributed by atoms with Crippen LogP contribution in [-0.2, 0) is 28.9 Å². The molecule has 6 heteroatoms. The molecule has 0 radical (unpaired) electrons. The van der Waals surface area contributed by atoms with Crippen molar-refractivity contribution in [3.63, 3.8) is 0 Å². The van der Waals surface area contributed by atoms with Gasteiger partial charge in [0.2, 0.25) is 5.91 Å². The molecule has 1 aromatic carbocycles. The maximum Gasteiger partial charge on any atom is 0.256 e. The van der Waals surface area contributed by atoms with Crippen molar-refractivity contribution in [2.45, 2.75) is 44.9 Å². The van der Waals surface area contributed by atoms with E-state index in [9.17, 15) is 9.59 Å². The molecule has 5 nitrogen and oxygen atoms in total. The van der Waals surface area contributed by atoms with Crippen molar-refractivity contribution < 1.29 is 9.59 Å². The van der Waals surface area contributed by atoms with E-state index in [2.05, 4.69) is 31.5 Å². The molecule has 3 N–H and O–H groups in total. The second-order valence-electron chi connectivity index (χ2n) is 7.41. The lowest BCUT2D eigenvalue weighted by atomic mass is 9.98. The lowest BCUT2D eigenvalue weighted by molar-refractivity contribution is -0.120. The van der Waals surface area contributed by atoms with E-state index >= 15 is 0 Å². The van der Waals surface area contributed by atoms with Crippen LogP contribution in [0.25, 0.3) is 11.6 Å². The van der Waals surface area contributed by atoms with Crippen molar-refractivity contribution in [1.29, 1.82) is 0 Å². The lowest BCUT2D eigenvalue weighted by Crippen LogP contribution is -2.18. The van der Waals surface area contributed by atoms with Crippen molar-refractivity contribution in [2.24, 2.45) is 0 Å². The van der Waals surface area contributed by atoms with Gasteiger partial charge >= 0.3 is 0 Å². The monoisotopic (exact) mass is 441 g/mol. The fourth-order valence-electron chi connectivity index (χ4n) is 4.17. The van der Waals surface area contributed by atoms with Gasteiger partial charge in [-0.3, -0.25) is 9.59 Å². The second kappa shape index (κ2) is 7.95. The van der Waals surface area contributed by atoms with Gasteiger partial charge in [0.05, 0.1) is 5.57 Å². The van der Waals surface area contributed by atoms with Crippen molar-refractivity contribution in [3.8, 4) is 0 Å². The van der Waals surface area contributed by atoms with Gasteiger partial charge < -0.3 is 15.6 Å². The van der Waals surface area contributed by atoms with Crippen LogP contribution in [0.4, 0.5) is 5.69 Å². The average Bonchev–Trinajstić information content (AvgIpc) is 3.05. The molecule has 28 heavy (non-hydrogen) atoms. The van der Waals surface area contributed by atoms with Crippen molar-refractivity contribution >= 4 is 45.1 Å². The minimum Gasteiger partial charge on any atom is -0.359 e. The zero-order valence-corrected chi connectivity index (χ0v) is 17.5. The molecule has 0 saturated carbocycles. The van der Waals surface area contributed by atoms with Crippen LogP contribution in [0.15, 0.2) is 22.7 Å². The van der Waals surface area contributed by atoms with Crippen LogP contribution in [0.3, 0.4) is 0 Å². The molecule has 146 valence electrons. The Labute approximate surface area is 173 Å². The second-order valence-corrected chi connectivity index (χ2v) is 8.33. The molecule has 2 aliphatic rings. The summed E-state index contributed by atoms with van der Waals surface area (Å²) in [5.74, 6) is -0.0507. The molecule has 2 aromatic rings. The van der Waals surface area contributed by atoms with Crippen molar-refractivity contribution in [3.05, 3.63) is 50.8 Å². The Kier molecular flexibility index (Phi) is 5.40. The third-order valence-corrected chi connectivity index (χ3v) is 6.12. The minimum atomic E-state index is -0.0878. The van der Waals surface area contributed by atoms with Gasteiger partial charge in [-0.1, -0.05) is 22.4 Å². The molecular weight excluding hydrogens is 418 g/mol. The van der Waals surface area contributed by atoms with E-state index in [4.69, 9.17) is 0 Å². The zero-order valence-electron chi connectivity index (χ0n) is 16.0. The topological polar surface area (TPSA) is 74.0 Å². The zero-order chi connectivity index (χ0) is 19.7. The normalized spacial score (nSPS) is 17.1. The van der Waals surface area contributed by atoms with Crippen LogP contribution in [0, 0.1) is 0 Å². The summed E-state index contributed by atoms with van der Waals surface area (Å²) in [6, 6.07) is 5.80. The van der Waals surface area contributed by atoms with Gasteiger partial charge in [0.25, 0.3) is 5.91 Å². The SMILES string of the molecule is CNC(=O)CCc1c(C=C2C(=O)Nc3ccc(Br)cc32)[nH]c2c1CCCCC2. The molecule has 4 rings (SSSR count). The fourth-order valence-corrected chi connectivity index (χ4v) is 4.53. The van der Waals surface area contributed by atoms with Gasteiger partial charge in [-0.25, -0.2) is 0 Å². The summed E-state index contributed by atoms with van der Waals surface area (Å²) >= 11 is 3.50. The summed E-state index contributed by atoms with van der Waals surface area (Å²) < 4.78 is 0.941. The Bertz CT molecular complexity index is 974. The molecule has 0 spiro atoms. The van der Waals surface area contributed by atoms with E-state index in [-0.39, 0.29) is 11.8 Å². The first kappa shape index (κ1) is 19.0. The molecule has 1 aromatic heterocycles. The van der Waals surface area contributed by atoms with Gasteiger partial charge in [-0.05, 0) is 67.5 Å². The molecule has 2 heterocycles. The minimum absolute atomic E-state index is 0.0371. The number of aryl methyl sites for hydroxylation is 1. The molecule has 0 unspecified atom stereocenters. The smallest absolute Gasteiger partial charge is 0.256 e. The van der Waals surface area contributed by atoms with Crippen LogP contribution >= 0.6 is 15.9 Å². The van der Waals surface area contributed by atoms with Gasteiger partial charge in [0.15, 0.2) is 0 Å². The third kappa shape index (κ3) is 3.65. The number of carbonyl (C=O) groups excluding carboxylic acids is 2. The maximum atomic E-state index is 12.6. The molecular formula is C22H24BrN3O2. The molecule has 0 fully saturated rings. The van der Waals surface area contributed by atoms with Crippen LogP contribution < -0.4 is 10.6 Å². The maximum absolute atomic E-state index is 12.6. The summed E-state index contributed by atoms with van der Waals surface area (Å²) in [4.78, 5) is 28.0. The number of H-pyrrole nitrogens is 1. The Morgan fingerprint density at radius 1 is 1.25 bits per heavy atom. The quantitative estimate of drug-likeness (QED) is 0.490.